The molecule has 1 saturated heterocycles. The molecule has 0 aliphatic carbocycles. The van der Waals surface area contributed by atoms with Crippen LogP contribution in [0.1, 0.15) is 51.7 Å². The van der Waals surface area contributed by atoms with Gasteiger partial charge in [-0.3, -0.25) is 4.79 Å². The molecule has 1 aliphatic heterocycles. The Morgan fingerprint density at radius 3 is 2.41 bits per heavy atom. The molecule has 2 N–H and O–H groups in total. The quantitative estimate of drug-likeness (QED) is 0.929. The number of carbonyl (C=O) groups is 1. The molecule has 1 amide bonds. The summed E-state index contributed by atoms with van der Waals surface area (Å²) in [6.45, 7) is 11.1. The maximum absolute atomic E-state index is 12.3. The van der Waals surface area contributed by atoms with Crippen LogP contribution in [0.4, 0.5) is 0 Å². The molecule has 0 bridgehead atoms. The van der Waals surface area contributed by atoms with E-state index in [1.165, 1.54) is 11.1 Å². The Morgan fingerprint density at radius 1 is 1.27 bits per heavy atom. The summed E-state index contributed by atoms with van der Waals surface area (Å²) in [5.74, 6) is 0.261. The summed E-state index contributed by atoms with van der Waals surface area (Å²) in [5, 5.41) is 0. The van der Waals surface area contributed by atoms with Crippen LogP contribution in [0.25, 0.3) is 0 Å². The van der Waals surface area contributed by atoms with Crippen molar-refractivity contribution < 1.29 is 4.79 Å². The Balaban J connectivity index is 1.87. The smallest absolute Gasteiger partial charge is 0.222 e. The van der Waals surface area contributed by atoms with E-state index < -0.39 is 0 Å². The summed E-state index contributed by atoms with van der Waals surface area (Å²) in [4.78, 5) is 14.3. The van der Waals surface area contributed by atoms with Gasteiger partial charge in [-0.05, 0) is 41.3 Å². The Labute approximate surface area is 134 Å². The van der Waals surface area contributed by atoms with Gasteiger partial charge in [0.2, 0.25) is 5.91 Å². The van der Waals surface area contributed by atoms with Crippen LogP contribution in [0.2, 0.25) is 0 Å². The fourth-order valence-electron chi connectivity index (χ4n) is 2.98. The van der Waals surface area contributed by atoms with Gasteiger partial charge in [0.25, 0.3) is 0 Å². The monoisotopic (exact) mass is 302 g/mol. The van der Waals surface area contributed by atoms with Gasteiger partial charge in [0.05, 0.1) is 0 Å². The lowest BCUT2D eigenvalue weighted by molar-refractivity contribution is -0.130. The summed E-state index contributed by atoms with van der Waals surface area (Å²) in [5.41, 5.74) is 8.67. The minimum atomic E-state index is 0.115. The first-order chi connectivity index (χ1) is 10.2. The van der Waals surface area contributed by atoms with Gasteiger partial charge < -0.3 is 10.6 Å². The molecule has 22 heavy (non-hydrogen) atoms. The van der Waals surface area contributed by atoms with Gasteiger partial charge in [0.1, 0.15) is 0 Å². The van der Waals surface area contributed by atoms with E-state index in [0.717, 1.165) is 25.9 Å². The number of rotatable bonds is 4. The lowest BCUT2D eigenvalue weighted by Crippen LogP contribution is -2.34. The number of amides is 1. The molecular formula is C19H30N2O. The molecule has 0 radical (unpaired) electrons. The van der Waals surface area contributed by atoms with Crippen LogP contribution in [0.15, 0.2) is 24.3 Å². The number of carbonyl (C=O) groups excluding carboxylic acids is 1. The van der Waals surface area contributed by atoms with Crippen molar-refractivity contribution in [1.29, 1.82) is 0 Å². The van der Waals surface area contributed by atoms with Gasteiger partial charge in [-0.15, -0.1) is 0 Å². The van der Waals surface area contributed by atoms with Crippen LogP contribution in [-0.4, -0.2) is 30.4 Å². The largest absolute Gasteiger partial charge is 0.342 e. The van der Waals surface area contributed by atoms with E-state index in [2.05, 4.69) is 52.0 Å². The van der Waals surface area contributed by atoms with Crippen molar-refractivity contribution >= 4 is 5.91 Å². The maximum atomic E-state index is 12.3. The molecule has 1 unspecified atom stereocenters. The molecule has 1 fully saturated rings. The van der Waals surface area contributed by atoms with E-state index in [1.54, 1.807) is 0 Å². The second-order valence-electron chi connectivity index (χ2n) is 8.03. The maximum Gasteiger partial charge on any atom is 0.222 e. The molecule has 1 aromatic rings. The van der Waals surface area contributed by atoms with Gasteiger partial charge >= 0.3 is 0 Å². The highest BCUT2D eigenvalue weighted by molar-refractivity contribution is 5.76. The highest BCUT2D eigenvalue weighted by atomic mass is 16.2. The zero-order chi connectivity index (χ0) is 16.4. The summed E-state index contributed by atoms with van der Waals surface area (Å²) >= 11 is 0. The van der Waals surface area contributed by atoms with E-state index in [4.69, 9.17) is 5.73 Å². The summed E-state index contributed by atoms with van der Waals surface area (Å²) in [7, 11) is 0. The predicted molar refractivity (Wildman–Crippen MR) is 91.8 cm³/mol. The topological polar surface area (TPSA) is 46.3 Å². The number of nitrogens with two attached hydrogens (primary N) is 1. The molecule has 3 nitrogen and oxygen atoms in total. The normalized spacial score (nSPS) is 22.1. The van der Waals surface area contributed by atoms with Gasteiger partial charge in [-0.25, -0.2) is 0 Å². The average molecular weight is 302 g/mol. The molecule has 1 aliphatic rings. The molecule has 3 heteroatoms. The zero-order valence-corrected chi connectivity index (χ0v) is 14.5. The molecule has 1 aromatic carbocycles. The van der Waals surface area contributed by atoms with Crippen molar-refractivity contribution in [3.63, 3.8) is 0 Å². The van der Waals surface area contributed by atoms with Crippen molar-refractivity contribution in [1.82, 2.24) is 4.90 Å². The Morgan fingerprint density at radius 2 is 1.91 bits per heavy atom. The van der Waals surface area contributed by atoms with Crippen LogP contribution >= 0.6 is 0 Å². The van der Waals surface area contributed by atoms with Crippen LogP contribution in [0.5, 0.6) is 0 Å². The Hall–Kier alpha value is -1.35. The van der Waals surface area contributed by atoms with E-state index in [1.807, 2.05) is 4.90 Å². The van der Waals surface area contributed by atoms with E-state index in [-0.39, 0.29) is 16.7 Å². The highest BCUT2D eigenvalue weighted by Crippen LogP contribution is 2.29. The summed E-state index contributed by atoms with van der Waals surface area (Å²) in [6, 6.07) is 8.67. The number of likely N-dealkylation sites (tertiary alicyclic amines) is 1. The van der Waals surface area contributed by atoms with Gasteiger partial charge in [0, 0.05) is 19.5 Å². The first-order valence-electron chi connectivity index (χ1n) is 8.31. The average Bonchev–Trinajstić information content (AvgIpc) is 2.88. The van der Waals surface area contributed by atoms with Crippen LogP contribution in [-0.2, 0) is 16.6 Å². The van der Waals surface area contributed by atoms with E-state index in [0.29, 0.717) is 13.0 Å². The molecule has 0 saturated carbocycles. The van der Waals surface area contributed by atoms with Gasteiger partial charge in [-0.2, -0.15) is 0 Å². The third-order valence-electron chi connectivity index (χ3n) is 4.85. The van der Waals surface area contributed by atoms with Crippen molar-refractivity contribution in [2.24, 2.45) is 11.1 Å². The number of benzene rings is 1. The lowest BCUT2D eigenvalue weighted by atomic mass is 9.86. The van der Waals surface area contributed by atoms with Gasteiger partial charge in [0.15, 0.2) is 0 Å². The van der Waals surface area contributed by atoms with Gasteiger partial charge in [-0.1, -0.05) is 52.0 Å². The molecular weight excluding hydrogens is 272 g/mol. The van der Waals surface area contributed by atoms with Crippen molar-refractivity contribution in [3.05, 3.63) is 35.4 Å². The second kappa shape index (κ2) is 6.41. The molecule has 2 rings (SSSR count). The first kappa shape index (κ1) is 17.0. The third-order valence-corrected chi connectivity index (χ3v) is 4.85. The van der Waals surface area contributed by atoms with Crippen molar-refractivity contribution in [2.75, 3.05) is 19.6 Å². The Kier molecular flexibility index (Phi) is 4.96. The summed E-state index contributed by atoms with van der Waals surface area (Å²) < 4.78 is 0. The molecule has 0 spiro atoms. The van der Waals surface area contributed by atoms with Crippen LogP contribution in [0.3, 0.4) is 0 Å². The minimum absolute atomic E-state index is 0.115. The number of hydrogen-bond donors (Lipinski definition) is 1. The second-order valence-corrected chi connectivity index (χ2v) is 8.03. The standard InChI is InChI=1S/C19H30N2O/c1-18(2,3)16-8-5-15(6-9-16)7-10-17(22)21-12-11-19(4,13-20)14-21/h5-6,8-9H,7,10-14,20H2,1-4H3. The SMILES string of the molecule is CC1(CN)CCN(C(=O)CCc2ccc(C(C)(C)C)cc2)C1. The predicted octanol–water partition coefficient (Wildman–Crippen LogP) is 3.11. The van der Waals surface area contributed by atoms with Crippen LogP contribution < -0.4 is 5.73 Å². The van der Waals surface area contributed by atoms with Crippen molar-refractivity contribution in [3.8, 4) is 0 Å². The fourth-order valence-corrected chi connectivity index (χ4v) is 2.98. The lowest BCUT2D eigenvalue weighted by Gasteiger charge is -2.22. The number of nitrogens with zero attached hydrogens (tertiary/aromatic N) is 1. The minimum Gasteiger partial charge on any atom is -0.342 e. The number of hydrogen-bond acceptors (Lipinski definition) is 2. The highest BCUT2D eigenvalue weighted by Gasteiger charge is 2.34. The first-order valence-corrected chi connectivity index (χ1v) is 8.31. The molecule has 1 heterocycles. The zero-order valence-electron chi connectivity index (χ0n) is 14.5. The molecule has 122 valence electrons. The third kappa shape index (κ3) is 4.10. The van der Waals surface area contributed by atoms with E-state index in [9.17, 15) is 4.79 Å². The number of aryl methyl sites for hydroxylation is 1. The fraction of sp³-hybridized carbons (Fsp3) is 0.632. The molecule has 0 aromatic heterocycles. The van der Waals surface area contributed by atoms with E-state index >= 15 is 0 Å². The molecule has 1 atom stereocenters. The summed E-state index contributed by atoms with van der Waals surface area (Å²) in [6.07, 6.45) is 2.43. The Bertz CT molecular complexity index is 515. The van der Waals surface area contributed by atoms with Crippen LogP contribution in [0, 0.1) is 5.41 Å². The van der Waals surface area contributed by atoms with Crippen molar-refractivity contribution in [2.45, 2.75) is 52.4 Å².